The third-order valence-corrected chi connectivity index (χ3v) is 5.55. The Morgan fingerprint density at radius 2 is 1.62 bits per heavy atom. The van der Waals surface area contributed by atoms with Crippen molar-refractivity contribution in [1.82, 2.24) is 20.0 Å². The number of carbonyl (C=O) groups is 3. The molecule has 1 atom stereocenters. The third-order valence-electron chi connectivity index (χ3n) is 5.30. The molecule has 0 aromatic heterocycles. The van der Waals surface area contributed by atoms with Gasteiger partial charge >= 0.3 is 12.1 Å². The molecule has 1 aromatic rings. The topological polar surface area (TPSA) is 85.0 Å². The maximum absolute atomic E-state index is 12.9. The lowest BCUT2D eigenvalue weighted by atomic mass is 9.86. The van der Waals surface area contributed by atoms with Crippen LogP contribution in [0.4, 0.5) is 15.3 Å². The number of benzene rings is 1. The summed E-state index contributed by atoms with van der Waals surface area (Å²) in [6, 6.07) is 6.50. The van der Waals surface area contributed by atoms with Crippen LogP contribution < -0.4 is 10.6 Å². The minimum atomic E-state index is -0.478. The van der Waals surface area contributed by atoms with Crippen molar-refractivity contribution in [2.24, 2.45) is 5.41 Å². The lowest BCUT2D eigenvalue weighted by molar-refractivity contribution is -0.126. The zero-order valence-electron chi connectivity index (χ0n) is 17.1. The van der Waals surface area contributed by atoms with Gasteiger partial charge in [0.25, 0.3) is 0 Å². The molecule has 2 aliphatic rings. The number of anilines is 1. The minimum absolute atomic E-state index is 0.0129. The van der Waals surface area contributed by atoms with E-state index in [9.17, 15) is 14.4 Å². The van der Waals surface area contributed by atoms with Crippen LogP contribution in [0, 0.1) is 5.41 Å². The van der Waals surface area contributed by atoms with Gasteiger partial charge in [-0.15, -0.1) is 0 Å². The molecule has 0 saturated carbocycles. The maximum Gasteiger partial charge on any atom is 0.321 e. The summed E-state index contributed by atoms with van der Waals surface area (Å²) >= 11 is 5.91. The van der Waals surface area contributed by atoms with Crippen LogP contribution in [-0.2, 0) is 4.79 Å². The summed E-state index contributed by atoms with van der Waals surface area (Å²) in [4.78, 5) is 43.0. The standard InChI is InChI=1S/C20H28ClN5O3/c1-14(2)22-18(28)25-8-9-26(13-20(12-25)10-17(27)24(3)11-20)19(29)23-16-6-4-15(21)5-7-16/h4-7,14H,8-13H2,1-3H3,(H,22,28)(H,23,29)/t20-/m1/s1. The van der Waals surface area contributed by atoms with Crippen molar-refractivity contribution in [2.75, 3.05) is 45.1 Å². The SMILES string of the molecule is CC(C)NC(=O)N1CCN(C(=O)Nc2ccc(Cl)cc2)C[C@@]2(CC(=O)N(C)C2)C1. The Kier molecular flexibility index (Phi) is 6.21. The third kappa shape index (κ3) is 5.12. The Hall–Kier alpha value is -2.48. The molecule has 158 valence electrons. The van der Waals surface area contributed by atoms with Gasteiger partial charge in [0.15, 0.2) is 0 Å². The van der Waals surface area contributed by atoms with E-state index in [0.717, 1.165) is 0 Å². The van der Waals surface area contributed by atoms with Gasteiger partial charge in [-0.1, -0.05) is 11.6 Å². The number of hydrogen-bond acceptors (Lipinski definition) is 3. The zero-order valence-corrected chi connectivity index (χ0v) is 17.8. The van der Waals surface area contributed by atoms with Crippen LogP contribution in [0.2, 0.25) is 5.02 Å². The molecular weight excluding hydrogens is 394 g/mol. The molecule has 1 aromatic carbocycles. The fourth-order valence-corrected chi connectivity index (χ4v) is 4.12. The molecule has 0 unspecified atom stereocenters. The Morgan fingerprint density at radius 1 is 1.03 bits per heavy atom. The van der Waals surface area contributed by atoms with Gasteiger partial charge in [0.1, 0.15) is 0 Å². The highest BCUT2D eigenvalue weighted by Crippen LogP contribution is 2.34. The highest BCUT2D eigenvalue weighted by molar-refractivity contribution is 6.30. The number of carbonyl (C=O) groups excluding carboxylic acids is 3. The second-order valence-corrected chi connectivity index (χ2v) is 8.75. The predicted molar refractivity (Wildman–Crippen MR) is 112 cm³/mol. The van der Waals surface area contributed by atoms with E-state index in [0.29, 0.717) is 49.9 Å². The molecule has 2 fully saturated rings. The first-order valence-electron chi connectivity index (χ1n) is 9.78. The number of likely N-dealkylation sites (tertiary alicyclic amines) is 1. The van der Waals surface area contributed by atoms with Crippen LogP contribution in [0.1, 0.15) is 20.3 Å². The minimum Gasteiger partial charge on any atom is -0.345 e. The van der Waals surface area contributed by atoms with E-state index >= 15 is 0 Å². The van der Waals surface area contributed by atoms with Crippen molar-refractivity contribution in [3.63, 3.8) is 0 Å². The van der Waals surface area contributed by atoms with Gasteiger partial charge in [-0.3, -0.25) is 4.79 Å². The highest BCUT2D eigenvalue weighted by atomic mass is 35.5. The molecule has 8 nitrogen and oxygen atoms in total. The van der Waals surface area contributed by atoms with E-state index < -0.39 is 5.41 Å². The zero-order chi connectivity index (χ0) is 21.2. The van der Waals surface area contributed by atoms with Crippen LogP contribution in [-0.4, -0.2) is 78.5 Å². The van der Waals surface area contributed by atoms with Gasteiger partial charge < -0.3 is 25.3 Å². The number of rotatable bonds is 2. The average molecular weight is 422 g/mol. The van der Waals surface area contributed by atoms with Crippen molar-refractivity contribution >= 4 is 35.3 Å². The largest absolute Gasteiger partial charge is 0.345 e. The van der Waals surface area contributed by atoms with Crippen LogP contribution in [0.25, 0.3) is 0 Å². The quantitative estimate of drug-likeness (QED) is 0.769. The lowest BCUT2D eigenvalue weighted by Crippen LogP contribution is -2.49. The van der Waals surface area contributed by atoms with Gasteiger partial charge in [0.05, 0.1) is 0 Å². The second kappa shape index (κ2) is 8.49. The normalized spacial score (nSPS) is 22.2. The van der Waals surface area contributed by atoms with Gasteiger partial charge in [-0.05, 0) is 38.1 Å². The Bertz CT molecular complexity index is 785. The smallest absolute Gasteiger partial charge is 0.321 e. The van der Waals surface area contributed by atoms with Crippen molar-refractivity contribution in [3.05, 3.63) is 29.3 Å². The average Bonchev–Trinajstić information content (AvgIpc) is 2.80. The monoisotopic (exact) mass is 421 g/mol. The molecule has 0 aliphatic carbocycles. The van der Waals surface area contributed by atoms with E-state index in [1.54, 1.807) is 46.0 Å². The fraction of sp³-hybridized carbons (Fsp3) is 0.550. The highest BCUT2D eigenvalue weighted by Gasteiger charge is 2.47. The molecule has 2 heterocycles. The molecule has 29 heavy (non-hydrogen) atoms. The molecule has 2 saturated heterocycles. The van der Waals surface area contributed by atoms with Crippen LogP contribution >= 0.6 is 11.6 Å². The summed E-state index contributed by atoms with van der Waals surface area (Å²) in [5.74, 6) is 0.0363. The molecule has 9 heteroatoms. The number of amides is 5. The number of halogens is 1. The van der Waals surface area contributed by atoms with Gasteiger partial charge in [-0.2, -0.15) is 0 Å². The summed E-state index contributed by atoms with van der Waals surface area (Å²) in [6.45, 7) is 5.98. The maximum atomic E-state index is 12.9. The van der Waals surface area contributed by atoms with E-state index in [2.05, 4.69) is 10.6 Å². The molecule has 1 spiro atoms. The van der Waals surface area contributed by atoms with Gasteiger partial charge in [0.2, 0.25) is 5.91 Å². The van der Waals surface area contributed by atoms with E-state index in [1.165, 1.54) is 0 Å². The summed E-state index contributed by atoms with van der Waals surface area (Å²) in [6.07, 6.45) is 0.319. The molecule has 2 N–H and O–H groups in total. The summed E-state index contributed by atoms with van der Waals surface area (Å²) in [5, 5.41) is 6.39. The number of urea groups is 2. The first-order chi connectivity index (χ1) is 13.7. The predicted octanol–water partition coefficient (Wildman–Crippen LogP) is 2.46. The van der Waals surface area contributed by atoms with Crippen LogP contribution in [0.15, 0.2) is 24.3 Å². The Labute approximate surface area is 176 Å². The van der Waals surface area contributed by atoms with Crippen LogP contribution in [0.3, 0.4) is 0 Å². The Morgan fingerprint density at radius 3 is 2.14 bits per heavy atom. The first-order valence-corrected chi connectivity index (χ1v) is 10.2. The molecule has 0 radical (unpaired) electrons. The van der Waals surface area contributed by atoms with Crippen LogP contribution in [0.5, 0.6) is 0 Å². The first kappa shape index (κ1) is 21.2. The van der Waals surface area contributed by atoms with E-state index in [1.807, 2.05) is 13.8 Å². The van der Waals surface area contributed by atoms with E-state index in [-0.39, 0.29) is 24.0 Å². The number of nitrogens with zero attached hydrogens (tertiary/aromatic N) is 3. The van der Waals surface area contributed by atoms with Gasteiger partial charge in [-0.25, -0.2) is 9.59 Å². The number of hydrogen-bond donors (Lipinski definition) is 2. The molecular formula is C20H28ClN5O3. The van der Waals surface area contributed by atoms with Crippen molar-refractivity contribution in [3.8, 4) is 0 Å². The summed E-state index contributed by atoms with van der Waals surface area (Å²) in [7, 11) is 1.76. The molecule has 5 amide bonds. The van der Waals surface area contributed by atoms with Crippen molar-refractivity contribution in [2.45, 2.75) is 26.3 Å². The Balaban J connectivity index is 1.78. The van der Waals surface area contributed by atoms with Crippen molar-refractivity contribution in [1.29, 1.82) is 0 Å². The van der Waals surface area contributed by atoms with E-state index in [4.69, 9.17) is 11.6 Å². The molecule has 3 rings (SSSR count). The molecule has 0 bridgehead atoms. The van der Waals surface area contributed by atoms with Crippen molar-refractivity contribution < 1.29 is 14.4 Å². The second-order valence-electron chi connectivity index (χ2n) is 8.31. The number of nitrogens with one attached hydrogen (secondary N) is 2. The molecule has 2 aliphatic heterocycles. The summed E-state index contributed by atoms with van der Waals surface area (Å²) in [5.41, 5.74) is 0.167. The lowest BCUT2D eigenvalue weighted by Gasteiger charge is -2.33. The summed E-state index contributed by atoms with van der Waals surface area (Å²) < 4.78 is 0. The van der Waals surface area contributed by atoms with Gasteiger partial charge in [0, 0.05) is 68.4 Å². The fourth-order valence-electron chi connectivity index (χ4n) is 3.99.